The molecule has 1 saturated heterocycles. The summed E-state index contributed by atoms with van der Waals surface area (Å²) in [7, 11) is 0. The first kappa shape index (κ1) is 21.7. The molecular formula is C25H26N2O5. The van der Waals surface area contributed by atoms with E-state index in [1.165, 1.54) is 17.0 Å². The number of rotatable bonds is 5. The highest BCUT2D eigenvalue weighted by atomic mass is 16.5. The molecule has 1 aliphatic heterocycles. The number of hydrogen-bond acceptors (Lipinski definition) is 5. The van der Waals surface area contributed by atoms with Crippen molar-refractivity contribution in [2.24, 2.45) is 17.8 Å². The van der Waals surface area contributed by atoms with E-state index in [2.05, 4.69) is 12.2 Å². The van der Waals surface area contributed by atoms with Gasteiger partial charge in [-0.3, -0.25) is 19.3 Å². The number of esters is 1. The largest absolute Gasteiger partial charge is 0.452 e. The molecule has 2 fully saturated rings. The highest BCUT2D eigenvalue weighted by Crippen LogP contribution is 2.42. The van der Waals surface area contributed by atoms with Gasteiger partial charge in [0.1, 0.15) is 0 Å². The van der Waals surface area contributed by atoms with Gasteiger partial charge in [0.25, 0.3) is 5.91 Å². The maximum absolute atomic E-state index is 12.9. The van der Waals surface area contributed by atoms with Gasteiger partial charge in [-0.25, -0.2) is 4.79 Å². The average molecular weight is 434 g/mol. The smallest absolute Gasteiger partial charge is 0.338 e. The van der Waals surface area contributed by atoms with Gasteiger partial charge in [0.05, 0.1) is 23.1 Å². The molecule has 1 N–H and O–H groups in total. The summed E-state index contributed by atoms with van der Waals surface area (Å²) in [6.45, 7) is 3.60. The maximum Gasteiger partial charge on any atom is 0.338 e. The van der Waals surface area contributed by atoms with E-state index in [9.17, 15) is 19.2 Å². The van der Waals surface area contributed by atoms with Crippen molar-refractivity contribution in [1.82, 2.24) is 0 Å². The van der Waals surface area contributed by atoms with Crippen LogP contribution < -0.4 is 10.2 Å². The third-order valence-electron chi connectivity index (χ3n) is 6.20. The van der Waals surface area contributed by atoms with Crippen LogP contribution in [0.4, 0.5) is 11.4 Å². The van der Waals surface area contributed by atoms with Gasteiger partial charge in [0, 0.05) is 5.69 Å². The van der Waals surface area contributed by atoms with E-state index in [-0.39, 0.29) is 29.2 Å². The van der Waals surface area contributed by atoms with E-state index in [0.29, 0.717) is 30.1 Å². The molecule has 0 bridgehead atoms. The molecule has 2 aliphatic rings. The molecule has 4 rings (SSSR count). The average Bonchev–Trinajstić information content (AvgIpc) is 3.03. The Kier molecular flexibility index (Phi) is 6.08. The zero-order valence-corrected chi connectivity index (χ0v) is 18.2. The number of nitrogens with one attached hydrogen (secondary N) is 1. The normalized spacial score (nSPS) is 22.4. The van der Waals surface area contributed by atoms with Crippen LogP contribution in [-0.2, 0) is 19.1 Å². The number of fused-ring (bicyclic) bond motifs is 1. The third kappa shape index (κ3) is 4.42. The van der Waals surface area contributed by atoms with Crippen molar-refractivity contribution >= 4 is 35.1 Å². The van der Waals surface area contributed by atoms with Gasteiger partial charge in [-0.15, -0.1) is 0 Å². The molecule has 7 nitrogen and oxygen atoms in total. The highest BCUT2D eigenvalue weighted by Gasteiger charge is 2.50. The van der Waals surface area contributed by atoms with Crippen molar-refractivity contribution < 1.29 is 23.9 Å². The Morgan fingerprint density at radius 3 is 2.50 bits per heavy atom. The molecule has 0 unspecified atom stereocenters. The van der Waals surface area contributed by atoms with E-state index in [1.807, 2.05) is 19.1 Å². The number of anilines is 2. The molecule has 0 spiro atoms. The molecule has 2 aromatic carbocycles. The standard InChI is InChI=1S/C25H26N2O5/c1-15-6-9-18(10-7-15)26-22(28)14-32-25(31)17-4-3-5-19(13-17)27-23(29)20-11-8-16(2)12-21(20)24(27)30/h3-7,9-10,13,16,20-21H,8,11-12,14H2,1-2H3,(H,26,28)/t16-,20+,21+/m0/s1. The minimum atomic E-state index is -0.698. The Hall–Kier alpha value is -3.48. The number of aryl methyl sites for hydroxylation is 1. The number of nitrogens with zero attached hydrogens (tertiary/aromatic N) is 1. The summed E-state index contributed by atoms with van der Waals surface area (Å²) >= 11 is 0. The Balaban J connectivity index is 1.41. The zero-order chi connectivity index (χ0) is 22.8. The number of hydrogen-bond donors (Lipinski definition) is 1. The Bertz CT molecular complexity index is 1060. The Labute approximate surface area is 186 Å². The maximum atomic E-state index is 12.9. The van der Waals surface area contributed by atoms with Crippen molar-refractivity contribution in [1.29, 1.82) is 0 Å². The van der Waals surface area contributed by atoms with E-state index in [4.69, 9.17) is 4.74 Å². The first-order chi connectivity index (χ1) is 15.3. The fourth-order valence-corrected chi connectivity index (χ4v) is 4.46. The van der Waals surface area contributed by atoms with Crippen molar-refractivity contribution in [2.45, 2.75) is 33.1 Å². The summed E-state index contributed by atoms with van der Waals surface area (Å²) in [6.07, 6.45) is 2.36. The van der Waals surface area contributed by atoms with E-state index < -0.39 is 18.5 Å². The molecule has 7 heteroatoms. The van der Waals surface area contributed by atoms with Crippen LogP contribution in [0, 0.1) is 24.7 Å². The molecule has 3 atom stereocenters. The van der Waals surface area contributed by atoms with Gasteiger partial charge in [0.15, 0.2) is 6.61 Å². The molecule has 32 heavy (non-hydrogen) atoms. The third-order valence-corrected chi connectivity index (χ3v) is 6.20. The molecule has 166 valence electrons. The molecule has 0 aromatic heterocycles. The van der Waals surface area contributed by atoms with Gasteiger partial charge in [-0.2, -0.15) is 0 Å². The van der Waals surface area contributed by atoms with Gasteiger partial charge in [-0.1, -0.05) is 30.7 Å². The summed E-state index contributed by atoms with van der Waals surface area (Å²) in [5.74, 6) is -1.70. The second-order valence-electron chi connectivity index (χ2n) is 8.68. The first-order valence-corrected chi connectivity index (χ1v) is 10.8. The number of benzene rings is 2. The van der Waals surface area contributed by atoms with Crippen LogP contribution >= 0.6 is 0 Å². The van der Waals surface area contributed by atoms with Crippen LogP contribution in [0.15, 0.2) is 48.5 Å². The predicted octanol–water partition coefficient (Wildman–Crippen LogP) is 3.72. The topological polar surface area (TPSA) is 92.8 Å². The van der Waals surface area contributed by atoms with Gasteiger partial charge in [-0.05, 0) is 62.4 Å². The predicted molar refractivity (Wildman–Crippen MR) is 119 cm³/mol. The molecule has 0 radical (unpaired) electrons. The van der Waals surface area contributed by atoms with Gasteiger partial charge in [0.2, 0.25) is 11.8 Å². The van der Waals surface area contributed by atoms with Gasteiger partial charge < -0.3 is 10.1 Å². The number of carbonyl (C=O) groups is 4. The van der Waals surface area contributed by atoms with E-state index in [0.717, 1.165) is 12.0 Å². The quantitative estimate of drug-likeness (QED) is 0.572. The summed E-state index contributed by atoms with van der Waals surface area (Å²) in [6, 6.07) is 13.5. The lowest BCUT2D eigenvalue weighted by molar-refractivity contribution is -0.122. The lowest BCUT2D eigenvalue weighted by Crippen LogP contribution is -2.31. The summed E-state index contributed by atoms with van der Waals surface area (Å²) in [5.41, 5.74) is 2.22. The monoisotopic (exact) mass is 434 g/mol. The van der Waals surface area contributed by atoms with E-state index in [1.54, 1.807) is 24.3 Å². The van der Waals surface area contributed by atoms with Crippen LogP contribution in [0.1, 0.15) is 42.1 Å². The lowest BCUT2D eigenvalue weighted by atomic mass is 9.76. The second kappa shape index (κ2) is 8.94. The molecule has 1 saturated carbocycles. The van der Waals surface area contributed by atoms with Crippen LogP contribution in [0.5, 0.6) is 0 Å². The molecule has 2 aromatic rings. The van der Waals surface area contributed by atoms with Crippen LogP contribution in [0.2, 0.25) is 0 Å². The lowest BCUT2D eigenvalue weighted by Gasteiger charge is -2.25. The fraction of sp³-hybridized carbons (Fsp3) is 0.360. The Morgan fingerprint density at radius 1 is 1.03 bits per heavy atom. The van der Waals surface area contributed by atoms with Crippen LogP contribution in [-0.4, -0.2) is 30.3 Å². The SMILES string of the molecule is Cc1ccc(NC(=O)COC(=O)c2cccc(N3C(=O)[C@@H]4CC[C@H](C)C[C@H]4C3=O)c2)cc1. The minimum Gasteiger partial charge on any atom is -0.452 e. The zero-order valence-electron chi connectivity index (χ0n) is 18.2. The molecule has 3 amide bonds. The summed E-state index contributed by atoms with van der Waals surface area (Å²) < 4.78 is 5.13. The second-order valence-corrected chi connectivity index (χ2v) is 8.68. The molecule has 1 aliphatic carbocycles. The number of carbonyl (C=O) groups excluding carboxylic acids is 4. The number of imide groups is 1. The minimum absolute atomic E-state index is 0.175. The summed E-state index contributed by atoms with van der Waals surface area (Å²) in [4.78, 5) is 51.6. The van der Waals surface area contributed by atoms with Gasteiger partial charge >= 0.3 is 5.97 Å². The van der Waals surface area contributed by atoms with Crippen molar-refractivity contribution in [3.05, 3.63) is 59.7 Å². The van der Waals surface area contributed by atoms with Crippen molar-refractivity contribution in [3.8, 4) is 0 Å². The fourth-order valence-electron chi connectivity index (χ4n) is 4.46. The number of amides is 3. The molecule has 1 heterocycles. The van der Waals surface area contributed by atoms with Crippen molar-refractivity contribution in [2.75, 3.05) is 16.8 Å². The Morgan fingerprint density at radius 2 is 1.75 bits per heavy atom. The first-order valence-electron chi connectivity index (χ1n) is 10.8. The van der Waals surface area contributed by atoms with Crippen LogP contribution in [0.3, 0.4) is 0 Å². The van der Waals surface area contributed by atoms with E-state index >= 15 is 0 Å². The number of ether oxygens (including phenoxy) is 1. The summed E-state index contributed by atoms with van der Waals surface area (Å²) in [5, 5.41) is 2.66. The molecular weight excluding hydrogens is 408 g/mol. The van der Waals surface area contributed by atoms with Crippen molar-refractivity contribution in [3.63, 3.8) is 0 Å². The highest BCUT2D eigenvalue weighted by molar-refractivity contribution is 6.22. The van der Waals surface area contributed by atoms with Crippen LogP contribution in [0.25, 0.3) is 0 Å².